The molecule has 28 heavy (non-hydrogen) atoms. The fourth-order valence-electron chi connectivity index (χ4n) is 6.37. The Bertz CT molecular complexity index is 489. The molecule has 0 aromatic rings. The van der Waals surface area contributed by atoms with E-state index in [1.54, 1.807) is 0 Å². The first-order valence-electron chi connectivity index (χ1n) is 12.5. The van der Waals surface area contributed by atoms with Crippen LogP contribution in [0.25, 0.3) is 0 Å². The molecule has 2 N–H and O–H groups in total. The van der Waals surface area contributed by atoms with Crippen molar-refractivity contribution in [2.45, 2.75) is 129 Å². The minimum atomic E-state index is 0.162. The quantitative estimate of drug-likeness (QED) is 0.476. The molecule has 3 nitrogen and oxygen atoms in total. The van der Waals surface area contributed by atoms with Gasteiger partial charge in [0.25, 0.3) is 0 Å². The van der Waals surface area contributed by atoms with Crippen molar-refractivity contribution >= 4 is 5.78 Å². The minimum Gasteiger partial charge on any atom is -0.313 e. The highest BCUT2D eigenvalue weighted by Crippen LogP contribution is 2.44. The molecule has 3 rings (SSSR count). The molecule has 162 valence electrons. The van der Waals surface area contributed by atoms with Crippen LogP contribution in [0.3, 0.4) is 0 Å². The molecule has 3 aliphatic rings. The van der Waals surface area contributed by atoms with Crippen LogP contribution in [0.4, 0.5) is 0 Å². The average molecular weight is 391 g/mol. The van der Waals surface area contributed by atoms with Gasteiger partial charge < -0.3 is 10.6 Å². The molecule has 2 aliphatic carbocycles. The number of carbonyl (C=O) groups excluding carboxylic acids is 1. The number of unbranched alkanes of at least 4 members (excludes halogenated alkanes) is 7. The molecule has 1 aliphatic heterocycles. The van der Waals surface area contributed by atoms with Crippen molar-refractivity contribution in [1.82, 2.24) is 10.6 Å². The largest absolute Gasteiger partial charge is 0.313 e. The van der Waals surface area contributed by atoms with E-state index in [0.717, 1.165) is 19.4 Å². The number of nitrogens with one attached hydrogen (secondary N) is 2. The lowest BCUT2D eigenvalue weighted by atomic mass is 9.61. The Hall–Kier alpha value is -0.410. The third-order valence-corrected chi connectivity index (χ3v) is 7.74. The Morgan fingerprint density at radius 1 is 0.964 bits per heavy atom. The van der Waals surface area contributed by atoms with Crippen molar-refractivity contribution in [1.29, 1.82) is 0 Å². The predicted molar refractivity (Wildman–Crippen MR) is 119 cm³/mol. The first-order valence-corrected chi connectivity index (χ1v) is 12.5. The van der Waals surface area contributed by atoms with Crippen LogP contribution in [0.1, 0.15) is 111 Å². The second-order valence-corrected chi connectivity index (χ2v) is 10.8. The molecule has 1 saturated heterocycles. The molecular formula is C25H46N2O. The summed E-state index contributed by atoms with van der Waals surface area (Å²) in [6.45, 7) is 7.94. The summed E-state index contributed by atoms with van der Waals surface area (Å²) in [6, 6.07) is 1.45. The first kappa shape index (κ1) is 22.3. The van der Waals surface area contributed by atoms with Gasteiger partial charge in [-0.1, -0.05) is 78.6 Å². The van der Waals surface area contributed by atoms with Crippen LogP contribution in [0.2, 0.25) is 0 Å². The summed E-state index contributed by atoms with van der Waals surface area (Å²) in [5.41, 5.74) is 0.162. The SMILES string of the molecule is CCCCCCCCCCNC1C2CCCCC2NC2CC(C)(C)CC(=O)C21. The van der Waals surface area contributed by atoms with Crippen molar-refractivity contribution in [2.75, 3.05) is 6.54 Å². The van der Waals surface area contributed by atoms with E-state index < -0.39 is 0 Å². The van der Waals surface area contributed by atoms with E-state index in [9.17, 15) is 4.79 Å². The van der Waals surface area contributed by atoms with Crippen LogP contribution in [0.15, 0.2) is 0 Å². The van der Waals surface area contributed by atoms with E-state index >= 15 is 0 Å². The molecular weight excluding hydrogens is 344 g/mol. The summed E-state index contributed by atoms with van der Waals surface area (Å²) in [6.07, 6.45) is 18.2. The Labute approximate surface area is 174 Å². The van der Waals surface area contributed by atoms with Crippen LogP contribution < -0.4 is 10.6 Å². The zero-order valence-corrected chi connectivity index (χ0v) is 18.9. The molecule has 0 amide bonds. The molecule has 0 spiro atoms. The van der Waals surface area contributed by atoms with Crippen LogP contribution >= 0.6 is 0 Å². The number of hydrogen-bond acceptors (Lipinski definition) is 3. The van der Waals surface area contributed by atoms with Gasteiger partial charge in [-0.2, -0.15) is 0 Å². The molecule has 0 radical (unpaired) electrons. The number of carbonyl (C=O) groups is 1. The zero-order valence-electron chi connectivity index (χ0n) is 18.9. The Morgan fingerprint density at radius 2 is 1.64 bits per heavy atom. The summed E-state index contributed by atoms with van der Waals surface area (Å²) >= 11 is 0. The highest BCUT2D eigenvalue weighted by atomic mass is 16.1. The molecule has 0 aromatic carbocycles. The van der Waals surface area contributed by atoms with Gasteiger partial charge in [0.05, 0.1) is 0 Å². The van der Waals surface area contributed by atoms with Gasteiger partial charge in [0, 0.05) is 30.5 Å². The van der Waals surface area contributed by atoms with Crippen molar-refractivity contribution in [3.8, 4) is 0 Å². The fourth-order valence-corrected chi connectivity index (χ4v) is 6.37. The summed E-state index contributed by atoms with van der Waals surface area (Å²) in [7, 11) is 0. The van der Waals surface area contributed by atoms with Crippen LogP contribution in [-0.4, -0.2) is 30.5 Å². The summed E-state index contributed by atoms with van der Waals surface area (Å²) < 4.78 is 0. The summed E-state index contributed by atoms with van der Waals surface area (Å²) in [5.74, 6) is 1.39. The van der Waals surface area contributed by atoms with E-state index in [4.69, 9.17) is 0 Å². The summed E-state index contributed by atoms with van der Waals surface area (Å²) in [4.78, 5) is 13.1. The molecule has 5 unspecified atom stereocenters. The fraction of sp³-hybridized carbons (Fsp3) is 0.960. The van der Waals surface area contributed by atoms with E-state index in [1.165, 1.54) is 77.0 Å². The zero-order chi connectivity index (χ0) is 20.0. The van der Waals surface area contributed by atoms with Gasteiger partial charge in [0.1, 0.15) is 5.78 Å². The average Bonchev–Trinajstić information content (AvgIpc) is 2.64. The lowest BCUT2D eigenvalue weighted by Crippen LogP contribution is -2.68. The number of piperidine rings is 1. The number of rotatable bonds is 10. The second kappa shape index (κ2) is 10.6. The van der Waals surface area contributed by atoms with Crippen LogP contribution in [-0.2, 0) is 4.79 Å². The maximum absolute atomic E-state index is 13.1. The second-order valence-electron chi connectivity index (χ2n) is 10.8. The molecule has 2 saturated carbocycles. The van der Waals surface area contributed by atoms with Crippen LogP contribution in [0.5, 0.6) is 0 Å². The monoisotopic (exact) mass is 390 g/mol. The molecule has 0 bridgehead atoms. The van der Waals surface area contributed by atoms with Crippen molar-refractivity contribution in [3.63, 3.8) is 0 Å². The predicted octanol–water partition coefficient (Wildman–Crippen LogP) is 5.62. The third kappa shape index (κ3) is 5.81. The number of hydrogen-bond donors (Lipinski definition) is 2. The highest BCUT2D eigenvalue weighted by molar-refractivity contribution is 5.84. The van der Waals surface area contributed by atoms with E-state index in [0.29, 0.717) is 29.8 Å². The smallest absolute Gasteiger partial charge is 0.139 e. The van der Waals surface area contributed by atoms with Gasteiger partial charge in [-0.15, -0.1) is 0 Å². The number of ketones is 1. The number of Topliss-reactive ketones (excluding diaryl/α,β-unsaturated/α-hetero) is 1. The molecule has 3 fully saturated rings. The number of fused-ring (bicyclic) bond motifs is 2. The van der Waals surface area contributed by atoms with Gasteiger partial charge >= 0.3 is 0 Å². The van der Waals surface area contributed by atoms with Crippen LogP contribution in [0, 0.1) is 17.3 Å². The Kier molecular flexibility index (Phi) is 8.41. The topological polar surface area (TPSA) is 41.1 Å². The van der Waals surface area contributed by atoms with Crippen molar-refractivity contribution < 1.29 is 4.79 Å². The van der Waals surface area contributed by atoms with E-state index in [1.807, 2.05) is 0 Å². The van der Waals surface area contributed by atoms with Gasteiger partial charge in [0.15, 0.2) is 0 Å². The molecule has 1 heterocycles. The Morgan fingerprint density at radius 3 is 2.39 bits per heavy atom. The molecule has 5 atom stereocenters. The van der Waals surface area contributed by atoms with E-state index in [-0.39, 0.29) is 11.3 Å². The van der Waals surface area contributed by atoms with Gasteiger partial charge in [0.2, 0.25) is 0 Å². The third-order valence-electron chi connectivity index (χ3n) is 7.74. The maximum atomic E-state index is 13.1. The standard InChI is InChI=1S/C25H46N2O/c1-4-5-6-7-8-9-10-13-16-26-24-19-14-11-12-15-20(19)27-21-17-25(2,3)18-22(28)23(21)24/h19-21,23-24,26-27H,4-18H2,1-3H3. The van der Waals surface area contributed by atoms with Gasteiger partial charge in [-0.25, -0.2) is 0 Å². The molecule has 0 aromatic heterocycles. The normalized spacial score (nSPS) is 34.7. The van der Waals surface area contributed by atoms with Crippen molar-refractivity contribution in [2.24, 2.45) is 17.3 Å². The van der Waals surface area contributed by atoms with Gasteiger partial charge in [-0.05, 0) is 43.6 Å². The minimum absolute atomic E-state index is 0.162. The van der Waals surface area contributed by atoms with E-state index in [2.05, 4.69) is 31.4 Å². The maximum Gasteiger partial charge on any atom is 0.139 e. The van der Waals surface area contributed by atoms with Crippen molar-refractivity contribution in [3.05, 3.63) is 0 Å². The lowest BCUT2D eigenvalue weighted by molar-refractivity contribution is -0.134. The Balaban J connectivity index is 1.49. The lowest BCUT2D eigenvalue weighted by Gasteiger charge is -2.54. The van der Waals surface area contributed by atoms with Gasteiger partial charge in [-0.3, -0.25) is 4.79 Å². The summed E-state index contributed by atoms with van der Waals surface area (Å²) in [5, 5.41) is 7.88. The first-order chi connectivity index (χ1) is 13.5. The molecule has 3 heteroatoms. The highest BCUT2D eigenvalue weighted by Gasteiger charge is 2.51.